The molecule has 0 atom stereocenters. The second-order valence-electron chi connectivity index (χ2n) is 6.73. The maximum absolute atomic E-state index is 12.3. The van der Waals surface area contributed by atoms with Gasteiger partial charge in [0.25, 0.3) is 5.91 Å². The Morgan fingerprint density at radius 3 is 2.34 bits per heavy atom. The Bertz CT molecular complexity index is 906. The minimum absolute atomic E-state index is 0.0318. The van der Waals surface area contributed by atoms with Crippen molar-refractivity contribution in [3.63, 3.8) is 0 Å². The molecular formula is C23H25N3O3. The van der Waals surface area contributed by atoms with Gasteiger partial charge in [-0.25, -0.2) is 0 Å². The molecule has 0 bridgehead atoms. The van der Waals surface area contributed by atoms with Crippen molar-refractivity contribution in [2.45, 2.75) is 19.5 Å². The van der Waals surface area contributed by atoms with E-state index in [1.807, 2.05) is 54.6 Å². The molecule has 1 aromatic heterocycles. The van der Waals surface area contributed by atoms with Gasteiger partial charge in [0.15, 0.2) is 0 Å². The highest BCUT2D eigenvalue weighted by atomic mass is 16.3. The monoisotopic (exact) mass is 391 g/mol. The van der Waals surface area contributed by atoms with Gasteiger partial charge in [0.2, 0.25) is 5.91 Å². The third-order valence-electron chi connectivity index (χ3n) is 4.52. The van der Waals surface area contributed by atoms with Gasteiger partial charge in [0, 0.05) is 37.8 Å². The molecule has 3 aromatic rings. The molecule has 0 fully saturated rings. The molecule has 0 aliphatic heterocycles. The minimum atomic E-state index is -0.110. The van der Waals surface area contributed by atoms with Crippen LogP contribution in [0.25, 0.3) is 0 Å². The standard InChI is InChI=1S/C23H25N3O3/c1-24-23(28)19-11-9-18(10-12-19)16-26(17-21-8-5-15-29-21)14-13-22(27)25-20-6-3-2-4-7-20/h2-12,15H,13-14,16-17H2,1H3,(H,24,28)(H,25,27). The molecule has 1 heterocycles. The molecular weight excluding hydrogens is 366 g/mol. The first kappa shape index (κ1) is 20.4. The van der Waals surface area contributed by atoms with E-state index in [9.17, 15) is 9.59 Å². The summed E-state index contributed by atoms with van der Waals surface area (Å²) < 4.78 is 5.47. The van der Waals surface area contributed by atoms with Gasteiger partial charge in [-0.1, -0.05) is 30.3 Å². The van der Waals surface area contributed by atoms with Gasteiger partial charge in [-0.2, -0.15) is 0 Å². The highest BCUT2D eigenvalue weighted by molar-refractivity contribution is 5.94. The summed E-state index contributed by atoms with van der Waals surface area (Å²) in [5, 5.41) is 5.53. The molecule has 2 N–H and O–H groups in total. The van der Waals surface area contributed by atoms with E-state index in [1.165, 1.54) is 0 Å². The summed E-state index contributed by atoms with van der Waals surface area (Å²) in [6, 6.07) is 20.7. The highest BCUT2D eigenvalue weighted by Crippen LogP contribution is 2.13. The van der Waals surface area contributed by atoms with Crippen LogP contribution in [0.2, 0.25) is 0 Å². The van der Waals surface area contributed by atoms with Crippen molar-refractivity contribution in [2.24, 2.45) is 0 Å². The van der Waals surface area contributed by atoms with Gasteiger partial charge >= 0.3 is 0 Å². The molecule has 150 valence electrons. The number of anilines is 1. The van der Waals surface area contributed by atoms with Crippen molar-refractivity contribution in [2.75, 3.05) is 18.9 Å². The number of nitrogens with one attached hydrogen (secondary N) is 2. The Hall–Kier alpha value is -3.38. The van der Waals surface area contributed by atoms with E-state index in [0.29, 0.717) is 31.6 Å². The number of amides is 2. The van der Waals surface area contributed by atoms with Crippen LogP contribution in [0.15, 0.2) is 77.4 Å². The zero-order chi connectivity index (χ0) is 20.5. The molecule has 0 saturated carbocycles. The van der Waals surface area contributed by atoms with Crippen molar-refractivity contribution in [3.05, 3.63) is 89.9 Å². The fourth-order valence-corrected chi connectivity index (χ4v) is 3.01. The molecule has 29 heavy (non-hydrogen) atoms. The van der Waals surface area contributed by atoms with E-state index in [2.05, 4.69) is 15.5 Å². The summed E-state index contributed by atoms with van der Waals surface area (Å²) in [5.41, 5.74) is 2.48. The molecule has 0 saturated heterocycles. The van der Waals surface area contributed by atoms with E-state index < -0.39 is 0 Å². The average Bonchev–Trinajstić information content (AvgIpc) is 3.26. The van der Waals surface area contributed by atoms with E-state index in [1.54, 1.807) is 25.4 Å². The van der Waals surface area contributed by atoms with Crippen LogP contribution < -0.4 is 10.6 Å². The van der Waals surface area contributed by atoms with Crippen molar-refractivity contribution in [1.29, 1.82) is 0 Å². The number of carbonyl (C=O) groups is 2. The molecule has 2 amide bonds. The Morgan fingerprint density at radius 1 is 0.931 bits per heavy atom. The maximum atomic E-state index is 12.3. The Labute approximate surface area is 170 Å². The lowest BCUT2D eigenvalue weighted by molar-refractivity contribution is -0.116. The molecule has 2 aromatic carbocycles. The second-order valence-corrected chi connectivity index (χ2v) is 6.73. The Kier molecular flexibility index (Phi) is 7.19. The lowest BCUT2D eigenvalue weighted by Gasteiger charge is -2.21. The van der Waals surface area contributed by atoms with Gasteiger partial charge in [0.05, 0.1) is 12.8 Å². The number of carbonyl (C=O) groups excluding carboxylic acids is 2. The average molecular weight is 391 g/mol. The Morgan fingerprint density at radius 2 is 1.69 bits per heavy atom. The first-order valence-corrected chi connectivity index (χ1v) is 9.54. The van der Waals surface area contributed by atoms with Crippen molar-refractivity contribution in [3.8, 4) is 0 Å². The summed E-state index contributed by atoms with van der Waals surface area (Å²) in [4.78, 5) is 26.2. The number of furan rings is 1. The normalized spacial score (nSPS) is 10.7. The van der Waals surface area contributed by atoms with Crippen LogP contribution in [-0.2, 0) is 17.9 Å². The number of rotatable bonds is 9. The molecule has 3 rings (SSSR count). The molecule has 6 heteroatoms. The van der Waals surface area contributed by atoms with Crippen LogP contribution in [0, 0.1) is 0 Å². The third kappa shape index (κ3) is 6.33. The maximum Gasteiger partial charge on any atom is 0.251 e. The molecule has 0 unspecified atom stereocenters. The highest BCUT2D eigenvalue weighted by Gasteiger charge is 2.12. The van der Waals surface area contributed by atoms with Gasteiger partial charge in [-0.15, -0.1) is 0 Å². The van der Waals surface area contributed by atoms with Gasteiger partial charge in [-0.05, 0) is 42.0 Å². The summed E-state index contributed by atoms with van der Waals surface area (Å²) in [5.74, 6) is 0.702. The molecule has 0 aliphatic carbocycles. The summed E-state index contributed by atoms with van der Waals surface area (Å²) in [7, 11) is 1.61. The van der Waals surface area contributed by atoms with Crippen LogP contribution >= 0.6 is 0 Å². The second kappa shape index (κ2) is 10.2. The minimum Gasteiger partial charge on any atom is -0.468 e. The van der Waals surface area contributed by atoms with E-state index >= 15 is 0 Å². The van der Waals surface area contributed by atoms with Crippen LogP contribution in [0.5, 0.6) is 0 Å². The van der Waals surface area contributed by atoms with Crippen LogP contribution in [-0.4, -0.2) is 30.3 Å². The summed E-state index contributed by atoms with van der Waals surface area (Å²) >= 11 is 0. The van der Waals surface area contributed by atoms with Gasteiger partial charge < -0.3 is 15.1 Å². The van der Waals surface area contributed by atoms with E-state index in [4.69, 9.17) is 4.42 Å². The van der Waals surface area contributed by atoms with E-state index in [-0.39, 0.29) is 11.8 Å². The number of hydrogen-bond donors (Lipinski definition) is 2. The topological polar surface area (TPSA) is 74.6 Å². The van der Waals surface area contributed by atoms with Gasteiger partial charge in [-0.3, -0.25) is 14.5 Å². The SMILES string of the molecule is CNC(=O)c1ccc(CN(CCC(=O)Nc2ccccc2)Cc2ccco2)cc1. The molecule has 0 spiro atoms. The smallest absolute Gasteiger partial charge is 0.251 e. The molecule has 0 radical (unpaired) electrons. The lowest BCUT2D eigenvalue weighted by Crippen LogP contribution is -2.27. The van der Waals surface area contributed by atoms with E-state index in [0.717, 1.165) is 17.0 Å². The van der Waals surface area contributed by atoms with Crippen molar-refractivity contribution in [1.82, 2.24) is 10.2 Å². The fourth-order valence-electron chi connectivity index (χ4n) is 3.01. The zero-order valence-corrected chi connectivity index (χ0v) is 16.4. The van der Waals surface area contributed by atoms with Gasteiger partial charge in [0.1, 0.15) is 5.76 Å². The predicted molar refractivity (Wildman–Crippen MR) is 112 cm³/mol. The summed E-state index contributed by atoms with van der Waals surface area (Å²) in [6.45, 7) is 1.83. The fraction of sp³-hybridized carbons (Fsp3) is 0.217. The first-order valence-electron chi connectivity index (χ1n) is 9.54. The number of para-hydroxylation sites is 1. The quantitative estimate of drug-likeness (QED) is 0.584. The number of benzene rings is 2. The zero-order valence-electron chi connectivity index (χ0n) is 16.4. The molecule has 6 nitrogen and oxygen atoms in total. The largest absolute Gasteiger partial charge is 0.468 e. The Balaban J connectivity index is 1.61. The number of nitrogens with zero attached hydrogens (tertiary/aromatic N) is 1. The predicted octanol–water partition coefficient (Wildman–Crippen LogP) is 3.67. The van der Waals surface area contributed by atoms with Crippen molar-refractivity contribution >= 4 is 17.5 Å². The van der Waals surface area contributed by atoms with Crippen LogP contribution in [0.3, 0.4) is 0 Å². The van der Waals surface area contributed by atoms with Crippen molar-refractivity contribution < 1.29 is 14.0 Å². The lowest BCUT2D eigenvalue weighted by atomic mass is 10.1. The third-order valence-corrected chi connectivity index (χ3v) is 4.52. The summed E-state index contributed by atoms with van der Waals surface area (Å²) in [6.07, 6.45) is 2.01. The van der Waals surface area contributed by atoms with Crippen LogP contribution in [0.1, 0.15) is 28.1 Å². The first-order chi connectivity index (χ1) is 14.1. The molecule has 0 aliphatic rings. The number of hydrogen-bond acceptors (Lipinski definition) is 4. The van der Waals surface area contributed by atoms with Crippen LogP contribution in [0.4, 0.5) is 5.69 Å².